The van der Waals surface area contributed by atoms with Gasteiger partial charge in [0.15, 0.2) is 17.5 Å². The molecule has 1 aromatic heterocycles. The van der Waals surface area contributed by atoms with Crippen LogP contribution in [0.5, 0.6) is 11.5 Å². The maximum absolute atomic E-state index is 13.6. The monoisotopic (exact) mass is 237 g/mol. The quantitative estimate of drug-likeness (QED) is 0.853. The summed E-state index contributed by atoms with van der Waals surface area (Å²) in [5.74, 6) is 0.338. The number of ether oxygens (including phenoxy) is 2. The highest BCUT2D eigenvalue weighted by Crippen LogP contribution is 2.39. The number of H-pyrrole nitrogens is 1. The molecule has 0 atom stereocenters. The van der Waals surface area contributed by atoms with Crippen LogP contribution in [0.2, 0.25) is 0 Å². The Morgan fingerprint density at radius 1 is 1.29 bits per heavy atom. The summed E-state index contributed by atoms with van der Waals surface area (Å²) in [6, 6.07) is 2.80. The van der Waals surface area contributed by atoms with Gasteiger partial charge in [-0.15, -0.1) is 0 Å². The number of hydrogen-bond donors (Lipinski definition) is 2. The van der Waals surface area contributed by atoms with Gasteiger partial charge in [-0.25, -0.2) is 9.37 Å². The Morgan fingerprint density at radius 2 is 2.06 bits per heavy atom. The second kappa shape index (κ2) is 4.32. The van der Waals surface area contributed by atoms with Gasteiger partial charge in [-0.2, -0.15) is 0 Å². The molecule has 0 saturated heterocycles. The van der Waals surface area contributed by atoms with Gasteiger partial charge in [0.25, 0.3) is 0 Å². The third-order valence-corrected chi connectivity index (χ3v) is 2.36. The van der Waals surface area contributed by atoms with Crippen LogP contribution in [0.3, 0.4) is 0 Å². The lowest BCUT2D eigenvalue weighted by Crippen LogP contribution is -1.96. The first-order valence-corrected chi connectivity index (χ1v) is 4.88. The molecule has 90 valence electrons. The van der Waals surface area contributed by atoms with Crippen LogP contribution >= 0.6 is 0 Å². The molecule has 6 heteroatoms. The van der Waals surface area contributed by atoms with Crippen molar-refractivity contribution in [3.63, 3.8) is 0 Å². The minimum absolute atomic E-state index is 0.0907. The van der Waals surface area contributed by atoms with Crippen molar-refractivity contribution in [2.45, 2.75) is 0 Å². The SMILES string of the molecule is COc1ccc(F)c(OC)c1-c1cnc(N)[nH]1. The van der Waals surface area contributed by atoms with E-state index in [1.807, 2.05) is 0 Å². The number of nitrogens with two attached hydrogens (primary N) is 1. The van der Waals surface area contributed by atoms with Crippen molar-refractivity contribution in [2.24, 2.45) is 0 Å². The highest BCUT2D eigenvalue weighted by Gasteiger charge is 2.18. The van der Waals surface area contributed by atoms with Crippen molar-refractivity contribution in [1.82, 2.24) is 9.97 Å². The zero-order valence-electron chi connectivity index (χ0n) is 9.45. The van der Waals surface area contributed by atoms with Crippen molar-refractivity contribution < 1.29 is 13.9 Å². The molecule has 5 nitrogen and oxygen atoms in total. The Hall–Kier alpha value is -2.24. The van der Waals surface area contributed by atoms with Gasteiger partial charge in [-0.1, -0.05) is 0 Å². The van der Waals surface area contributed by atoms with Crippen molar-refractivity contribution in [2.75, 3.05) is 20.0 Å². The molecule has 0 bridgehead atoms. The van der Waals surface area contributed by atoms with Crippen LogP contribution in [0.25, 0.3) is 11.3 Å². The highest BCUT2D eigenvalue weighted by molar-refractivity contribution is 5.75. The molecule has 17 heavy (non-hydrogen) atoms. The maximum atomic E-state index is 13.6. The Kier molecular flexibility index (Phi) is 2.86. The summed E-state index contributed by atoms with van der Waals surface area (Å²) in [6.07, 6.45) is 1.50. The van der Waals surface area contributed by atoms with E-state index in [0.29, 0.717) is 17.0 Å². The lowest BCUT2D eigenvalue weighted by atomic mass is 10.1. The molecule has 0 saturated carbocycles. The number of methoxy groups -OCH3 is 2. The number of halogens is 1. The van der Waals surface area contributed by atoms with Gasteiger partial charge in [-0.3, -0.25) is 0 Å². The van der Waals surface area contributed by atoms with Crippen LogP contribution < -0.4 is 15.2 Å². The summed E-state index contributed by atoms with van der Waals surface area (Å²) >= 11 is 0. The number of rotatable bonds is 3. The second-order valence-corrected chi connectivity index (χ2v) is 3.34. The first-order chi connectivity index (χ1) is 8.17. The third kappa shape index (κ3) is 1.89. The molecule has 0 amide bonds. The lowest BCUT2D eigenvalue weighted by molar-refractivity contribution is 0.376. The summed E-state index contributed by atoms with van der Waals surface area (Å²) in [5, 5.41) is 0. The number of benzene rings is 1. The van der Waals surface area contributed by atoms with E-state index in [-0.39, 0.29) is 11.7 Å². The van der Waals surface area contributed by atoms with Gasteiger partial charge in [0.1, 0.15) is 5.75 Å². The van der Waals surface area contributed by atoms with Crippen LogP contribution in [0.15, 0.2) is 18.3 Å². The predicted octanol–water partition coefficient (Wildman–Crippen LogP) is 1.82. The van der Waals surface area contributed by atoms with Gasteiger partial charge in [0.05, 0.1) is 31.7 Å². The fourth-order valence-electron chi connectivity index (χ4n) is 1.63. The number of aromatic amines is 1. The summed E-state index contributed by atoms with van der Waals surface area (Å²) in [5.41, 5.74) is 6.49. The van der Waals surface area contributed by atoms with E-state index in [1.54, 1.807) is 0 Å². The number of aromatic nitrogens is 2. The molecule has 0 spiro atoms. The molecule has 1 heterocycles. The predicted molar refractivity (Wildman–Crippen MR) is 61.5 cm³/mol. The minimum atomic E-state index is -0.475. The first kappa shape index (κ1) is 11.3. The average Bonchev–Trinajstić information content (AvgIpc) is 2.75. The normalized spacial score (nSPS) is 10.3. The Bertz CT molecular complexity index is 540. The molecule has 2 rings (SSSR count). The number of hydrogen-bond acceptors (Lipinski definition) is 4. The highest BCUT2D eigenvalue weighted by atomic mass is 19.1. The van der Waals surface area contributed by atoms with Gasteiger partial charge in [-0.05, 0) is 12.1 Å². The molecule has 3 N–H and O–H groups in total. The fraction of sp³-hybridized carbons (Fsp3) is 0.182. The number of anilines is 1. The van der Waals surface area contributed by atoms with E-state index in [2.05, 4.69) is 9.97 Å². The average molecular weight is 237 g/mol. The van der Waals surface area contributed by atoms with Gasteiger partial charge >= 0.3 is 0 Å². The van der Waals surface area contributed by atoms with E-state index >= 15 is 0 Å². The van der Waals surface area contributed by atoms with Gasteiger partial charge in [0.2, 0.25) is 0 Å². The zero-order chi connectivity index (χ0) is 12.4. The topological polar surface area (TPSA) is 73.2 Å². The van der Waals surface area contributed by atoms with Crippen LogP contribution in [-0.2, 0) is 0 Å². The third-order valence-electron chi connectivity index (χ3n) is 2.36. The molecule has 0 aliphatic rings. The molecular formula is C11H12FN3O2. The zero-order valence-corrected chi connectivity index (χ0v) is 9.45. The summed E-state index contributed by atoms with van der Waals surface area (Å²) in [7, 11) is 2.89. The second-order valence-electron chi connectivity index (χ2n) is 3.34. The molecule has 0 aliphatic carbocycles. The number of imidazole rings is 1. The Balaban J connectivity index is 2.68. The molecule has 2 aromatic rings. The van der Waals surface area contributed by atoms with Crippen molar-refractivity contribution in [3.05, 3.63) is 24.1 Å². The summed E-state index contributed by atoms with van der Waals surface area (Å²) < 4.78 is 23.8. The fourth-order valence-corrected chi connectivity index (χ4v) is 1.63. The van der Waals surface area contributed by atoms with Crippen LogP contribution in [0.1, 0.15) is 0 Å². The van der Waals surface area contributed by atoms with Crippen LogP contribution in [0.4, 0.5) is 10.3 Å². The molecule has 0 fully saturated rings. The number of nitrogen functional groups attached to an aromatic ring is 1. The maximum Gasteiger partial charge on any atom is 0.197 e. The molecule has 0 unspecified atom stereocenters. The standard InChI is InChI=1S/C11H12FN3O2/c1-16-8-4-3-6(12)10(17-2)9(8)7-5-14-11(13)15-7/h3-5H,1-2H3,(H3,13,14,15). The summed E-state index contributed by atoms with van der Waals surface area (Å²) in [6.45, 7) is 0. The van der Waals surface area contributed by atoms with Crippen molar-refractivity contribution >= 4 is 5.95 Å². The number of nitrogens with zero attached hydrogens (tertiary/aromatic N) is 1. The molecule has 0 radical (unpaired) electrons. The molecular weight excluding hydrogens is 225 g/mol. The summed E-state index contributed by atoms with van der Waals surface area (Å²) in [4.78, 5) is 6.67. The van der Waals surface area contributed by atoms with E-state index in [0.717, 1.165) is 0 Å². The molecule has 0 aliphatic heterocycles. The Labute approximate surface area is 97.4 Å². The van der Waals surface area contributed by atoms with E-state index in [4.69, 9.17) is 15.2 Å². The lowest BCUT2D eigenvalue weighted by Gasteiger charge is -2.12. The van der Waals surface area contributed by atoms with E-state index in [1.165, 1.54) is 32.5 Å². The minimum Gasteiger partial charge on any atom is -0.496 e. The largest absolute Gasteiger partial charge is 0.496 e. The van der Waals surface area contributed by atoms with E-state index < -0.39 is 5.82 Å². The van der Waals surface area contributed by atoms with Crippen LogP contribution in [-0.4, -0.2) is 24.2 Å². The van der Waals surface area contributed by atoms with Crippen molar-refractivity contribution in [3.8, 4) is 22.8 Å². The molecule has 1 aromatic carbocycles. The smallest absolute Gasteiger partial charge is 0.197 e. The van der Waals surface area contributed by atoms with Crippen molar-refractivity contribution in [1.29, 1.82) is 0 Å². The first-order valence-electron chi connectivity index (χ1n) is 4.88. The van der Waals surface area contributed by atoms with Gasteiger partial charge < -0.3 is 20.2 Å². The van der Waals surface area contributed by atoms with Gasteiger partial charge in [0, 0.05) is 0 Å². The van der Waals surface area contributed by atoms with E-state index in [9.17, 15) is 4.39 Å². The Morgan fingerprint density at radius 3 is 2.59 bits per heavy atom. The van der Waals surface area contributed by atoms with Crippen LogP contribution in [0, 0.1) is 5.82 Å². The number of nitrogens with one attached hydrogen (secondary N) is 1.